The number of benzene rings is 1. The van der Waals surface area contributed by atoms with Gasteiger partial charge in [-0.2, -0.15) is 11.8 Å². The van der Waals surface area contributed by atoms with Crippen LogP contribution in [0, 0.1) is 5.82 Å². The van der Waals surface area contributed by atoms with Gasteiger partial charge < -0.3 is 10.2 Å². The summed E-state index contributed by atoms with van der Waals surface area (Å²) in [6.45, 7) is 4.84. The molecule has 0 spiro atoms. The van der Waals surface area contributed by atoms with Crippen LogP contribution >= 0.6 is 11.8 Å². The van der Waals surface area contributed by atoms with Crippen LogP contribution in [0.1, 0.15) is 19.4 Å². The third-order valence-electron chi connectivity index (χ3n) is 3.65. The second-order valence-corrected chi connectivity index (χ2v) is 6.74. The number of carbonyl (C=O) groups is 2. The van der Waals surface area contributed by atoms with Gasteiger partial charge in [-0.1, -0.05) is 12.1 Å². The van der Waals surface area contributed by atoms with E-state index in [9.17, 15) is 14.0 Å². The third-order valence-corrected chi connectivity index (χ3v) is 4.59. The number of halogens is 1. The van der Waals surface area contributed by atoms with Gasteiger partial charge in [0.15, 0.2) is 0 Å². The van der Waals surface area contributed by atoms with E-state index in [0.29, 0.717) is 5.57 Å². The first-order chi connectivity index (χ1) is 11.0. The number of nitrogens with zero attached hydrogens (tertiary/aromatic N) is 1. The molecule has 23 heavy (non-hydrogen) atoms. The first-order valence-electron chi connectivity index (χ1n) is 7.58. The zero-order valence-electron chi connectivity index (χ0n) is 13.3. The molecule has 1 fully saturated rings. The van der Waals surface area contributed by atoms with E-state index in [0.717, 1.165) is 30.2 Å². The molecule has 0 bridgehead atoms. The van der Waals surface area contributed by atoms with Gasteiger partial charge in [-0.3, -0.25) is 9.59 Å². The van der Waals surface area contributed by atoms with Crippen LogP contribution in [0.2, 0.25) is 0 Å². The Morgan fingerprint density at radius 2 is 1.87 bits per heavy atom. The van der Waals surface area contributed by atoms with Gasteiger partial charge >= 0.3 is 0 Å². The lowest BCUT2D eigenvalue weighted by Gasteiger charge is -2.29. The zero-order chi connectivity index (χ0) is 16.8. The molecular formula is C17H21FN2O2S. The standard InChI is InChI=1S/C17H21FN2O2S/c1-12(11-14-3-5-15(18)6-4-14)16(21)19-13(2)17(22)20-7-9-23-10-8-20/h3-6,11,13H,7-10H2,1-2H3,(H,19,21)/b12-11+/t13-/m1/s1. The minimum absolute atomic E-state index is 0.0479. The highest BCUT2D eigenvalue weighted by Crippen LogP contribution is 2.11. The number of carbonyl (C=O) groups excluding carboxylic acids is 2. The molecule has 1 aromatic rings. The van der Waals surface area contributed by atoms with Crippen LogP contribution < -0.4 is 5.32 Å². The molecule has 0 saturated carbocycles. The topological polar surface area (TPSA) is 49.4 Å². The van der Waals surface area contributed by atoms with Crippen molar-refractivity contribution in [2.45, 2.75) is 19.9 Å². The molecule has 1 atom stereocenters. The Hall–Kier alpha value is -1.82. The van der Waals surface area contributed by atoms with Crippen molar-refractivity contribution >= 4 is 29.7 Å². The first kappa shape index (κ1) is 17.5. The van der Waals surface area contributed by atoms with E-state index in [4.69, 9.17) is 0 Å². The van der Waals surface area contributed by atoms with E-state index >= 15 is 0 Å². The predicted octanol–water partition coefficient (Wildman–Crippen LogP) is 2.31. The molecule has 2 rings (SSSR count). The first-order valence-corrected chi connectivity index (χ1v) is 8.74. The Kier molecular flexibility index (Phi) is 6.21. The summed E-state index contributed by atoms with van der Waals surface area (Å²) in [7, 11) is 0. The van der Waals surface area contributed by atoms with Crippen molar-refractivity contribution in [3.63, 3.8) is 0 Å². The summed E-state index contributed by atoms with van der Waals surface area (Å²) >= 11 is 1.83. The Balaban J connectivity index is 1.94. The highest BCUT2D eigenvalue weighted by molar-refractivity contribution is 7.99. The smallest absolute Gasteiger partial charge is 0.247 e. The summed E-state index contributed by atoms with van der Waals surface area (Å²) in [6.07, 6.45) is 1.67. The molecule has 2 amide bonds. The van der Waals surface area contributed by atoms with E-state index in [2.05, 4.69) is 5.32 Å². The third kappa shape index (κ3) is 5.10. The maximum atomic E-state index is 12.9. The molecule has 1 heterocycles. The Morgan fingerprint density at radius 1 is 1.26 bits per heavy atom. The molecular weight excluding hydrogens is 315 g/mol. The average molecular weight is 336 g/mol. The summed E-state index contributed by atoms with van der Waals surface area (Å²) in [5, 5.41) is 2.73. The molecule has 124 valence electrons. The average Bonchev–Trinajstić information content (AvgIpc) is 2.56. The molecule has 1 aliphatic heterocycles. The van der Waals surface area contributed by atoms with Crippen LogP contribution in [0.5, 0.6) is 0 Å². The molecule has 0 aliphatic carbocycles. The van der Waals surface area contributed by atoms with Gasteiger partial charge in [0, 0.05) is 30.2 Å². The lowest BCUT2D eigenvalue weighted by molar-refractivity contribution is -0.134. The monoisotopic (exact) mass is 336 g/mol. The fourth-order valence-corrected chi connectivity index (χ4v) is 3.21. The molecule has 1 aliphatic rings. The summed E-state index contributed by atoms with van der Waals surface area (Å²) in [6, 6.07) is 5.34. The number of amides is 2. The molecule has 1 N–H and O–H groups in total. The van der Waals surface area contributed by atoms with Gasteiger partial charge in [0.05, 0.1) is 0 Å². The van der Waals surface area contributed by atoms with Gasteiger partial charge in [-0.15, -0.1) is 0 Å². The van der Waals surface area contributed by atoms with Crippen molar-refractivity contribution in [1.29, 1.82) is 0 Å². The van der Waals surface area contributed by atoms with Crippen LogP contribution in [-0.2, 0) is 9.59 Å². The van der Waals surface area contributed by atoms with Gasteiger partial charge in [0.25, 0.3) is 0 Å². The number of hydrogen-bond acceptors (Lipinski definition) is 3. The van der Waals surface area contributed by atoms with Crippen LogP contribution in [0.3, 0.4) is 0 Å². The van der Waals surface area contributed by atoms with Crippen molar-refractivity contribution in [3.8, 4) is 0 Å². The van der Waals surface area contributed by atoms with Crippen molar-refractivity contribution in [3.05, 3.63) is 41.2 Å². The predicted molar refractivity (Wildman–Crippen MR) is 91.6 cm³/mol. The maximum Gasteiger partial charge on any atom is 0.247 e. The Labute approximate surface area is 140 Å². The molecule has 6 heteroatoms. The molecule has 4 nitrogen and oxygen atoms in total. The van der Waals surface area contributed by atoms with Crippen molar-refractivity contribution in [1.82, 2.24) is 10.2 Å². The Morgan fingerprint density at radius 3 is 2.48 bits per heavy atom. The van der Waals surface area contributed by atoms with Gasteiger partial charge in [0.2, 0.25) is 11.8 Å². The minimum atomic E-state index is -0.554. The molecule has 0 unspecified atom stereocenters. The number of nitrogens with one attached hydrogen (secondary N) is 1. The summed E-state index contributed by atoms with van der Waals surface area (Å²) < 4.78 is 12.9. The molecule has 1 aromatic carbocycles. The molecule has 0 aromatic heterocycles. The summed E-state index contributed by atoms with van der Waals surface area (Å²) in [4.78, 5) is 26.3. The van der Waals surface area contributed by atoms with Crippen molar-refractivity contribution < 1.29 is 14.0 Å². The molecule has 0 radical (unpaired) electrons. The van der Waals surface area contributed by atoms with Gasteiger partial charge in [-0.05, 0) is 37.6 Å². The van der Waals surface area contributed by atoms with Crippen LogP contribution in [0.4, 0.5) is 4.39 Å². The number of thioether (sulfide) groups is 1. The van der Waals surface area contributed by atoms with E-state index in [-0.39, 0.29) is 17.6 Å². The lowest BCUT2D eigenvalue weighted by Crippen LogP contribution is -2.49. The minimum Gasteiger partial charge on any atom is -0.341 e. The Bertz CT molecular complexity index is 595. The largest absolute Gasteiger partial charge is 0.341 e. The number of rotatable bonds is 4. The van der Waals surface area contributed by atoms with E-state index in [1.807, 2.05) is 11.8 Å². The fourth-order valence-electron chi connectivity index (χ4n) is 2.30. The highest BCUT2D eigenvalue weighted by atomic mass is 32.2. The SMILES string of the molecule is C/C(=C\c1ccc(F)cc1)C(=O)N[C@H](C)C(=O)N1CCSCC1. The normalized spacial score (nSPS) is 16.8. The summed E-state index contributed by atoms with van der Waals surface area (Å²) in [5.41, 5.74) is 1.22. The van der Waals surface area contributed by atoms with E-state index in [1.54, 1.807) is 37.0 Å². The van der Waals surface area contributed by atoms with Crippen molar-refractivity contribution in [2.75, 3.05) is 24.6 Å². The second-order valence-electron chi connectivity index (χ2n) is 5.51. The van der Waals surface area contributed by atoms with Crippen LogP contribution in [0.25, 0.3) is 6.08 Å². The quantitative estimate of drug-likeness (QED) is 0.859. The molecule has 1 saturated heterocycles. The fraction of sp³-hybridized carbons (Fsp3) is 0.412. The van der Waals surface area contributed by atoms with Crippen molar-refractivity contribution in [2.24, 2.45) is 0 Å². The van der Waals surface area contributed by atoms with E-state index < -0.39 is 6.04 Å². The van der Waals surface area contributed by atoms with E-state index in [1.165, 1.54) is 12.1 Å². The zero-order valence-corrected chi connectivity index (χ0v) is 14.2. The number of hydrogen-bond donors (Lipinski definition) is 1. The van der Waals surface area contributed by atoms with Crippen LogP contribution in [-0.4, -0.2) is 47.4 Å². The van der Waals surface area contributed by atoms with Gasteiger partial charge in [0.1, 0.15) is 11.9 Å². The highest BCUT2D eigenvalue weighted by Gasteiger charge is 2.23. The summed E-state index contributed by atoms with van der Waals surface area (Å²) in [5.74, 6) is 1.23. The van der Waals surface area contributed by atoms with Gasteiger partial charge in [-0.25, -0.2) is 4.39 Å². The maximum absolute atomic E-state index is 12.9. The second kappa shape index (κ2) is 8.15. The van der Waals surface area contributed by atoms with Crippen LogP contribution in [0.15, 0.2) is 29.8 Å². The lowest BCUT2D eigenvalue weighted by atomic mass is 10.1.